The van der Waals surface area contributed by atoms with E-state index in [1.54, 1.807) is 18.2 Å². The van der Waals surface area contributed by atoms with Crippen molar-refractivity contribution in [3.8, 4) is 11.5 Å². The molecule has 0 aliphatic carbocycles. The van der Waals surface area contributed by atoms with Gasteiger partial charge in [0, 0.05) is 17.8 Å². The van der Waals surface area contributed by atoms with Crippen LogP contribution in [-0.2, 0) is 34.7 Å². The van der Waals surface area contributed by atoms with E-state index >= 15 is 0 Å². The van der Waals surface area contributed by atoms with Gasteiger partial charge in [0.15, 0.2) is 11.5 Å². The van der Waals surface area contributed by atoms with E-state index in [4.69, 9.17) is 18.9 Å². The number of rotatable bonds is 9. The Bertz CT molecular complexity index is 943. The molecule has 1 N–H and O–H groups in total. The summed E-state index contributed by atoms with van der Waals surface area (Å²) in [6, 6.07) is 4.84. The highest BCUT2D eigenvalue weighted by Gasteiger charge is 2.52. The molecular weight excluding hydrogens is 470 g/mol. The lowest BCUT2D eigenvalue weighted by Gasteiger charge is -2.26. The molecule has 0 radical (unpaired) electrons. The third-order valence-corrected chi connectivity index (χ3v) is 5.99. The maximum atomic E-state index is 13.1. The zero-order valence-electron chi connectivity index (χ0n) is 16.4. The molecule has 1 aliphatic rings. The molecule has 0 fully saturated rings. The molecule has 0 bridgehead atoms. The van der Waals surface area contributed by atoms with E-state index in [1.165, 1.54) is 21.1 Å². The van der Waals surface area contributed by atoms with Gasteiger partial charge in [0.25, 0.3) is 5.78 Å². The number of Topliss-reactive ketones (excluding diaryl/α,β-unsaturated/α-hetero) is 1. The lowest BCUT2D eigenvalue weighted by Crippen LogP contribution is -2.33. The number of hydrogen-bond donors (Lipinski definition) is 1. The van der Waals surface area contributed by atoms with Gasteiger partial charge in [-0.3, -0.25) is 14.3 Å². The van der Waals surface area contributed by atoms with Gasteiger partial charge in [0.05, 0.1) is 20.0 Å². The normalized spacial score (nSPS) is 19.0. The summed E-state index contributed by atoms with van der Waals surface area (Å²) in [6.07, 6.45) is 0.334. The van der Waals surface area contributed by atoms with Crippen molar-refractivity contribution in [2.45, 2.75) is 25.9 Å². The third-order valence-electron chi connectivity index (χ3n) is 4.11. The summed E-state index contributed by atoms with van der Waals surface area (Å²) in [5.41, 5.74) is -1.43. The highest BCUT2D eigenvalue weighted by Crippen LogP contribution is 2.45. The van der Waals surface area contributed by atoms with Crippen LogP contribution in [-0.4, -0.2) is 45.5 Å². The van der Waals surface area contributed by atoms with Crippen molar-refractivity contribution in [1.82, 2.24) is 4.72 Å². The molecular formula is C18H22BrNO8S. The van der Waals surface area contributed by atoms with Crippen LogP contribution < -0.4 is 14.2 Å². The van der Waals surface area contributed by atoms with Crippen LogP contribution in [0.2, 0.25) is 0 Å². The van der Waals surface area contributed by atoms with Crippen LogP contribution in [0.25, 0.3) is 0 Å². The molecule has 9 nitrogen and oxygen atoms in total. The van der Waals surface area contributed by atoms with Gasteiger partial charge < -0.3 is 18.9 Å². The number of halogens is 1. The minimum atomic E-state index is -3.84. The number of nitrogens with one attached hydrogen (secondary N) is 1. The number of sulfonamides is 1. The smallest absolute Gasteiger partial charge is 0.308 e. The van der Waals surface area contributed by atoms with Gasteiger partial charge >= 0.3 is 5.97 Å². The molecule has 0 saturated carbocycles. The summed E-state index contributed by atoms with van der Waals surface area (Å²) in [4.78, 5) is 24.6. The van der Waals surface area contributed by atoms with Gasteiger partial charge in [-0.25, -0.2) is 8.42 Å². The molecule has 1 aliphatic heterocycles. The maximum Gasteiger partial charge on any atom is 0.308 e. The number of esters is 1. The average Bonchev–Trinajstić information content (AvgIpc) is 2.89. The molecule has 1 aromatic rings. The van der Waals surface area contributed by atoms with Gasteiger partial charge in [-0.15, -0.1) is 0 Å². The molecule has 2 rings (SSSR count). The maximum absolute atomic E-state index is 13.1. The highest BCUT2D eigenvalue weighted by molar-refractivity contribution is 9.09. The summed E-state index contributed by atoms with van der Waals surface area (Å²) in [7, 11) is -1.01. The Morgan fingerprint density at radius 1 is 1.28 bits per heavy atom. The van der Waals surface area contributed by atoms with E-state index < -0.39 is 39.0 Å². The van der Waals surface area contributed by atoms with Crippen molar-refractivity contribution in [2.75, 3.05) is 25.3 Å². The predicted octanol–water partition coefficient (Wildman–Crippen LogP) is 1.95. The SMILES string of the molecule is COc1cccc(C2(C)OC(NS(=O)(=O)CCCBr)=C(OC(C)=O)C2=O)c1OC. The van der Waals surface area contributed by atoms with E-state index in [0.717, 1.165) is 6.92 Å². The lowest BCUT2D eigenvalue weighted by atomic mass is 9.90. The molecule has 1 aromatic carbocycles. The van der Waals surface area contributed by atoms with Gasteiger partial charge in [0.1, 0.15) is 0 Å². The molecule has 11 heteroatoms. The zero-order chi connectivity index (χ0) is 21.8. The van der Waals surface area contributed by atoms with Crippen molar-refractivity contribution in [3.05, 3.63) is 35.4 Å². The van der Waals surface area contributed by atoms with Crippen LogP contribution in [0.3, 0.4) is 0 Å². The Hall–Kier alpha value is -2.27. The number of carbonyl (C=O) groups is 2. The fourth-order valence-electron chi connectivity index (χ4n) is 2.80. The largest absolute Gasteiger partial charge is 0.493 e. The topological polar surface area (TPSA) is 117 Å². The number of para-hydroxylation sites is 1. The summed E-state index contributed by atoms with van der Waals surface area (Å²) in [5.74, 6) is -2.14. The highest BCUT2D eigenvalue weighted by atomic mass is 79.9. The summed E-state index contributed by atoms with van der Waals surface area (Å²) in [5, 5.41) is 0.474. The molecule has 0 aromatic heterocycles. The Morgan fingerprint density at radius 3 is 2.52 bits per heavy atom. The molecule has 1 heterocycles. The second-order valence-electron chi connectivity index (χ2n) is 6.22. The standard InChI is InChI=1S/C18H22BrNO8S/c1-11(21)27-15-16(22)18(2,12-7-5-8-13(25-3)14(12)26-4)28-17(15)20-29(23,24)10-6-9-19/h5,7-8,20H,6,9-10H2,1-4H3. The second-order valence-corrected chi connectivity index (χ2v) is 8.86. The van der Waals surface area contributed by atoms with Crippen LogP contribution in [0.4, 0.5) is 0 Å². The van der Waals surface area contributed by atoms with E-state index in [-0.39, 0.29) is 17.1 Å². The second kappa shape index (κ2) is 9.04. The summed E-state index contributed by atoms with van der Waals surface area (Å²) in [6.45, 7) is 2.52. The fourth-order valence-corrected chi connectivity index (χ4v) is 4.49. The zero-order valence-corrected chi connectivity index (χ0v) is 18.8. The lowest BCUT2D eigenvalue weighted by molar-refractivity contribution is -0.142. The van der Waals surface area contributed by atoms with Gasteiger partial charge in [-0.1, -0.05) is 28.1 Å². The summed E-state index contributed by atoms with van der Waals surface area (Å²) >= 11 is 3.16. The first-order valence-electron chi connectivity index (χ1n) is 8.54. The van der Waals surface area contributed by atoms with Gasteiger partial charge in [0.2, 0.25) is 27.3 Å². The summed E-state index contributed by atoms with van der Waals surface area (Å²) < 4.78 is 48.2. The minimum absolute atomic E-state index is 0.216. The monoisotopic (exact) mass is 491 g/mol. The number of alkyl halides is 1. The van der Waals surface area contributed by atoms with E-state index in [0.29, 0.717) is 17.5 Å². The first-order chi connectivity index (χ1) is 13.6. The van der Waals surface area contributed by atoms with Crippen molar-refractivity contribution < 1.29 is 37.0 Å². The van der Waals surface area contributed by atoms with Crippen molar-refractivity contribution in [3.63, 3.8) is 0 Å². The Balaban J connectivity index is 2.52. The van der Waals surface area contributed by atoms with E-state index in [1.807, 2.05) is 0 Å². The minimum Gasteiger partial charge on any atom is -0.493 e. The molecule has 0 amide bonds. The number of methoxy groups -OCH3 is 2. The number of ether oxygens (including phenoxy) is 4. The van der Waals surface area contributed by atoms with Crippen molar-refractivity contribution >= 4 is 37.7 Å². The van der Waals surface area contributed by atoms with E-state index in [9.17, 15) is 18.0 Å². The molecule has 160 valence electrons. The molecule has 29 heavy (non-hydrogen) atoms. The van der Waals surface area contributed by atoms with Gasteiger partial charge in [-0.05, 0) is 19.4 Å². The van der Waals surface area contributed by atoms with Gasteiger partial charge in [-0.2, -0.15) is 0 Å². The predicted molar refractivity (Wildman–Crippen MR) is 107 cm³/mol. The molecule has 1 unspecified atom stereocenters. The first kappa shape index (κ1) is 23.0. The average molecular weight is 492 g/mol. The molecule has 1 atom stereocenters. The molecule has 0 saturated heterocycles. The number of carbonyl (C=O) groups excluding carboxylic acids is 2. The Labute approximate surface area is 177 Å². The van der Waals surface area contributed by atoms with Crippen LogP contribution in [0.1, 0.15) is 25.8 Å². The quantitative estimate of drug-likeness (QED) is 0.411. The number of hydrogen-bond acceptors (Lipinski definition) is 8. The van der Waals surface area contributed by atoms with Crippen LogP contribution in [0.5, 0.6) is 11.5 Å². The number of ketones is 1. The van der Waals surface area contributed by atoms with Crippen LogP contribution in [0, 0.1) is 0 Å². The van der Waals surface area contributed by atoms with Crippen molar-refractivity contribution in [1.29, 1.82) is 0 Å². The Morgan fingerprint density at radius 2 is 1.97 bits per heavy atom. The van der Waals surface area contributed by atoms with Crippen molar-refractivity contribution in [2.24, 2.45) is 0 Å². The number of benzene rings is 1. The van der Waals surface area contributed by atoms with Crippen LogP contribution >= 0.6 is 15.9 Å². The Kier molecular flexibility index (Phi) is 7.17. The van der Waals surface area contributed by atoms with Crippen LogP contribution in [0.15, 0.2) is 29.8 Å². The third kappa shape index (κ3) is 4.84. The fraction of sp³-hybridized carbons (Fsp3) is 0.444. The molecule has 0 spiro atoms. The van der Waals surface area contributed by atoms with E-state index in [2.05, 4.69) is 20.7 Å². The first-order valence-corrected chi connectivity index (χ1v) is 11.3.